The summed E-state index contributed by atoms with van der Waals surface area (Å²) < 4.78 is 16.6. The lowest BCUT2D eigenvalue weighted by atomic mass is 9.93. The van der Waals surface area contributed by atoms with Crippen molar-refractivity contribution in [3.8, 4) is 17.2 Å². The standard InChI is InChI=1S/C25H30N4O3.ClH/c1-30-20-2-3-22-21(15-20)23(5-9-27-22)29-10-6-18(7-11-29)4-8-26-16-19-14-24-25(17-28-19)32-13-12-31-24;/h2-3,5,9,14-15,17-18,26H,4,6-8,10-13,16H2,1H3;1H. The van der Waals surface area contributed by atoms with Crippen molar-refractivity contribution in [2.75, 3.05) is 44.9 Å². The van der Waals surface area contributed by atoms with E-state index in [9.17, 15) is 0 Å². The lowest BCUT2D eigenvalue weighted by Crippen LogP contribution is -2.34. The fraction of sp³-hybridized carbons (Fsp3) is 0.440. The van der Waals surface area contributed by atoms with Crippen LogP contribution in [-0.4, -0.2) is 49.9 Å². The molecule has 1 fully saturated rings. The van der Waals surface area contributed by atoms with Gasteiger partial charge in [0.05, 0.1) is 24.5 Å². The monoisotopic (exact) mass is 470 g/mol. The van der Waals surface area contributed by atoms with E-state index in [1.807, 2.05) is 24.4 Å². The van der Waals surface area contributed by atoms with Crippen LogP contribution < -0.4 is 24.4 Å². The highest BCUT2D eigenvalue weighted by atomic mass is 35.5. The largest absolute Gasteiger partial charge is 0.497 e. The first kappa shape index (κ1) is 23.4. The molecule has 0 unspecified atom stereocenters. The van der Waals surface area contributed by atoms with Crippen LogP contribution in [0, 0.1) is 5.92 Å². The molecular formula is C25H31ClN4O3. The zero-order chi connectivity index (χ0) is 21.8. The lowest BCUT2D eigenvalue weighted by Gasteiger charge is -2.34. The number of hydrogen-bond acceptors (Lipinski definition) is 7. The van der Waals surface area contributed by atoms with E-state index >= 15 is 0 Å². The Morgan fingerprint density at radius 3 is 2.70 bits per heavy atom. The molecular weight excluding hydrogens is 440 g/mol. The van der Waals surface area contributed by atoms with E-state index in [2.05, 4.69) is 32.3 Å². The summed E-state index contributed by atoms with van der Waals surface area (Å²) in [5.41, 5.74) is 3.27. The molecule has 2 aliphatic rings. The molecule has 3 aromatic rings. The first-order chi connectivity index (χ1) is 15.8. The highest BCUT2D eigenvalue weighted by Crippen LogP contribution is 2.32. The van der Waals surface area contributed by atoms with Crippen LogP contribution in [0.2, 0.25) is 0 Å². The number of benzene rings is 1. The zero-order valence-corrected chi connectivity index (χ0v) is 19.8. The van der Waals surface area contributed by atoms with Crippen LogP contribution in [0.3, 0.4) is 0 Å². The second-order valence-electron chi connectivity index (χ2n) is 8.43. The van der Waals surface area contributed by atoms with Crippen molar-refractivity contribution in [1.29, 1.82) is 0 Å². The highest BCUT2D eigenvalue weighted by Gasteiger charge is 2.21. The molecule has 0 aliphatic carbocycles. The third kappa shape index (κ3) is 5.42. The quantitative estimate of drug-likeness (QED) is 0.518. The van der Waals surface area contributed by atoms with Gasteiger partial charge in [-0.3, -0.25) is 9.97 Å². The number of nitrogens with one attached hydrogen (secondary N) is 1. The Morgan fingerprint density at radius 1 is 1.06 bits per heavy atom. The van der Waals surface area contributed by atoms with E-state index in [1.54, 1.807) is 13.3 Å². The predicted octanol–water partition coefficient (Wildman–Crippen LogP) is 4.23. The Balaban J connectivity index is 0.00000259. The van der Waals surface area contributed by atoms with Gasteiger partial charge in [0.15, 0.2) is 11.5 Å². The molecule has 0 amide bonds. The number of piperidine rings is 1. The topological polar surface area (TPSA) is 68.7 Å². The molecule has 0 saturated carbocycles. The molecule has 7 nitrogen and oxygen atoms in total. The van der Waals surface area contributed by atoms with E-state index in [-0.39, 0.29) is 12.4 Å². The summed E-state index contributed by atoms with van der Waals surface area (Å²) in [6.07, 6.45) is 7.27. The van der Waals surface area contributed by atoms with E-state index in [0.717, 1.165) is 60.6 Å². The van der Waals surface area contributed by atoms with Crippen molar-refractivity contribution < 1.29 is 14.2 Å². The molecule has 176 valence electrons. The molecule has 1 aromatic carbocycles. The average Bonchev–Trinajstić information content (AvgIpc) is 2.86. The summed E-state index contributed by atoms with van der Waals surface area (Å²) in [4.78, 5) is 11.5. The molecule has 33 heavy (non-hydrogen) atoms. The summed E-state index contributed by atoms with van der Waals surface area (Å²) >= 11 is 0. The zero-order valence-electron chi connectivity index (χ0n) is 19.0. The smallest absolute Gasteiger partial charge is 0.179 e. The number of anilines is 1. The van der Waals surface area contributed by atoms with Gasteiger partial charge >= 0.3 is 0 Å². The van der Waals surface area contributed by atoms with Gasteiger partial charge in [-0.05, 0) is 56.0 Å². The fourth-order valence-corrected chi connectivity index (χ4v) is 4.58. The Kier molecular flexibility index (Phi) is 7.73. The van der Waals surface area contributed by atoms with E-state index in [4.69, 9.17) is 14.2 Å². The van der Waals surface area contributed by atoms with E-state index in [0.29, 0.717) is 13.2 Å². The number of nitrogens with zero attached hydrogens (tertiary/aromatic N) is 3. The SMILES string of the molecule is COc1ccc2nccc(N3CCC(CCNCc4cc5c(cn4)OCCO5)CC3)c2c1.Cl. The van der Waals surface area contributed by atoms with Gasteiger partial charge in [-0.2, -0.15) is 0 Å². The van der Waals surface area contributed by atoms with Crippen LogP contribution in [0.15, 0.2) is 42.7 Å². The van der Waals surface area contributed by atoms with Gasteiger partial charge in [0.1, 0.15) is 19.0 Å². The van der Waals surface area contributed by atoms with Crippen LogP contribution in [0.5, 0.6) is 17.2 Å². The van der Waals surface area contributed by atoms with Gasteiger partial charge in [-0.15, -0.1) is 12.4 Å². The fourth-order valence-electron chi connectivity index (χ4n) is 4.58. The third-order valence-electron chi connectivity index (χ3n) is 6.40. The number of ether oxygens (including phenoxy) is 3. The molecule has 2 aromatic heterocycles. The van der Waals surface area contributed by atoms with Crippen molar-refractivity contribution in [3.05, 3.63) is 48.4 Å². The van der Waals surface area contributed by atoms with Crippen molar-refractivity contribution in [2.45, 2.75) is 25.8 Å². The summed E-state index contributed by atoms with van der Waals surface area (Å²) in [5, 5.41) is 4.71. The van der Waals surface area contributed by atoms with Crippen LogP contribution in [-0.2, 0) is 6.54 Å². The Morgan fingerprint density at radius 2 is 1.88 bits per heavy atom. The Hall–Kier alpha value is -2.77. The van der Waals surface area contributed by atoms with Crippen molar-refractivity contribution in [3.63, 3.8) is 0 Å². The maximum absolute atomic E-state index is 5.64. The number of hydrogen-bond donors (Lipinski definition) is 1. The van der Waals surface area contributed by atoms with Gasteiger partial charge in [0.25, 0.3) is 0 Å². The van der Waals surface area contributed by atoms with Crippen molar-refractivity contribution in [1.82, 2.24) is 15.3 Å². The van der Waals surface area contributed by atoms with Crippen LogP contribution in [0.25, 0.3) is 10.9 Å². The molecule has 0 spiro atoms. The van der Waals surface area contributed by atoms with Gasteiger partial charge < -0.3 is 24.4 Å². The Bertz CT molecular complexity index is 1070. The number of methoxy groups -OCH3 is 1. The number of pyridine rings is 2. The lowest BCUT2D eigenvalue weighted by molar-refractivity contribution is 0.170. The first-order valence-electron chi connectivity index (χ1n) is 11.4. The highest BCUT2D eigenvalue weighted by molar-refractivity contribution is 5.92. The second-order valence-corrected chi connectivity index (χ2v) is 8.43. The Labute approximate surface area is 200 Å². The molecule has 0 bridgehead atoms. The minimum Gasteiger partial charge on any atom is -0.497 e. The summed E-state index contributed by atoms with van der Waals surface area (Å²) in [6.45, 7) is 5.09. The minimum atomic E-state index is 0. The van der Waals surface area contributed by atoms with Crippen LogP contribution >= 0.6 is 12.4 Å². The molecule has 2 aliphatic heterocycles. The summed E-state index contributed by atoms with van der Waals surface area (Å²) in [7, 11) is 1.71. The number of aromatic nitrogens is 2. The van der Waals surface area contributed by atoms with E-state index < -0.39 is 0 Å². The molecule has 4 heterocycles. The summed E-state index contributed by atoms with van der Waals surface area (Å²) in [5.74, 6) is 3.17. The van der Waals surface area contributed by atoms with Gasteiger partial charge in [0, 0.05) is 43.0 Å². The maximum atomic E-state index is 5.64. The van der Waals surface area contributed by atoms with Gasteiger partial charge in [0.2, 0.25) is 0 Å². The molecule has 0 atom stereocenters. The third-order valence-corrected chi connectivity index (χ3v) is 6.40. The molecule has 5 rings (SSSR count). The molecule has 1 saturated heterocycles. The maximum Gasteiger partial charge on any atom is 0.179 e. The second kappa shape index (κ2) is 10.9. The average molecular weight is 471 g/mol. The number of halogens is 1. The van der Waals surface area contributed by atoms with Crippen molar-refractivity contribution >= 4 is 29.0 Å². The normalized spacial score (nSPS) is 15.8. The first-order valence-corrected chi connectivity index (χ1v) is 11.4. The van der Waals surface area contributed by atoms with Crippen LogP contribution in [0.4, 0.5) is 5.69 Å². The van der Waals surface area contributed by atoms with E-state index in [1.165, 1.54) is 30.3 Å². The predicted molar refractivity (Wildman–Crippen MR) is 132 cm³/mol. The van der Waals surface area contributed by atoms with Gasteiger partial charge in [-0.1, -0.05) is 0 Å². The molecule has 8 heteroatoms. The number of fused-ring (bicyclic) bond motifs is 2. The van der Waals surface area contributed by atoms with Gasteiger partial charge in [-0.25, -0.2) is 0 Å². The van der Waals surface area contributed by atoms with Crippen LogP contribution in [0.1, 0.15) is 25.0 Å². The van der Waals surface area contributed by atoms with Crippen molar-refractivity contribution in [2.24, 2.45) is 5.92 Å². The minimum absolute atomic E-state index is 0. The summed E-state index contributed by atoms with van der Waals surface area (Å²) in [6, 6.07) is 10.2. The molecule has 1 N–H and O–H groups in total. The number of rotatable bonds is 7. The molecule has 0 radical (unpaired) electrons.